The van der Waals surface area contributed by atoms with E-state index in [-0.39, 0.29) is 11.2 Å². The van der Waals surface area contributed by atoms with E-state index in [0.717, 1.165) is 44.1 Å². The lowest BCUT2D eigenvalue weighted by Crippen LogP contribution is -2.38. The second-order valence-corrected chi connectivity index (χ2v) is 10.2. The van der Waals surface area contributed by atoms with Crippen molar-refractivity contribution >= 4 is 15.8 Å². The van der Waals surface area contributed by atoms with Gasteiger partial charge in [0.2, 0.25) is 0 Å². The fraction of sp³-hybridized carbons (Fsp3) is 0.667. The van der Waals surface area contributed by atoms with Crippen molar-refractivity contribution < 1.29 is 13.2 Å². The smallest absolute Gasteiger partial charge is 0.191 e. The van der Waals surface area contributed by atoms with Gasteiger partial charge in [-0.1, -0.05) is 26.0 Å². The summed E-state index contributed by atoms with van der Waals surface area (Å²) in [6, 6.07) is 8.21. The number of methoxy groups -OCH3 is 1. The Morgan fingerprint density at radius 1 is 1.14 bits per heavy atom. The normalized spacial score (nSPS) is 12.7. The highest BCUT2D eigenvalue weighted by Crippen LogP contribution is 2.21. The molecule has 1 rings (SSSR count). The number of hydrogen-bond acceptors (Lipinski definition) is 4. The average molecular weight is 412 g/mol. The summed E-state index contributed by atoms with van der Waals surface area (Å²) in [5, 5.41) is 6.63. The van der Waals surface area contributed by atoms with Crippen LogP contribution in [0.2, 0.25) is 0 Å². The Bertz CT molecular complexity index is 698. The van der Waals surface area contributed by atoms with Gasteiger partial charge < -0.3 is 15.4 Å². The monoisotopic (exact) mass is 411 g/mol. The van der Waals surface area contributed by atoms with E-state index in [1.807, 2.05) is 19.1 Å². The first-order valence-electron chi connectivity index (χ1n) is 9.98. The number of nitrogens with zero attached hydrogens (tertiary/aromatic N) is 1. The number of ether oxygens (including phenoxy) is 1. The van der Waals surface area contributed by atoms with E-state index in [1.54, 1.807) is 7.11 Å². The van der Waals surface area contributed by atoms with Gasteiger partial charge in [-0.2, -0.15) is 0 Å². The Morgan fingerprint density at radius 3 is 2.39 bits per heavy atom. The third-order valence-electron chi connectivity index (χ3n) is 4.50. The van der Waals surface area contributed by atoms with E-state index in [4.69, 9.17) is 4.74 Å². The van der Waals surface area contributed by atoms with E-state index in [9.17, 15) is 8.42 Å². The molecule has 160 valence electrons. The number of rotatable bonds is 12. The molecular weight excluding hydrogens is 374 g/mol. The summed E-state index contributed by atoms with van der Waals surface area (Å²) in [5.74, 6) is 1.88. The second-order valence-electron chi connectivity index (χ2n) is 7.97. The molecule has 6 nitrogen and oxygen atoms in total. The van der Waals surface area contributed by atoms with E-state index in [1.165, 1.54) is 11.8 Å². The van der Waals surface area contributed by atoms with Crippen molar-refractivity contribution in [3.05, 3.63) is 29.8 Å². The Hall–Kier alpha value is -1.76. The molecule has 0 fully saturated rings. The zero-order valence-electron chi connectivity index (χ0n) is 18.0. The molecule has 0 unspecified atom stereocenters. The van der Waals surface area contributed by atoms with E-state index >= 15 is 0 Å². The van der Waals surface area contributed by atoms with E-state index in [0.29, 0.717) is 13.0 Å². The number of guanidine groups is 1. The van der Waals surface area contributed by atoms with Crippen LogP contribution in [0.4, 0.5) is 0 Å². The summed E-state index contributed by atoms with van der Waals surface area (Å²) < 4.78 is 28.0. The molecule has 0 amide bonds. The molecule has 0 spiro atoms. The summed E-state index contributed by atoms with van der Waals surface area (Å²) in [4.78, 5) is 4.65. The van der Waals surface area contributed by atoms with Gasteiger partial charge in [0.25, 0.3) is 0 Å². The molecule has 28 heavy (non-hydrogen) atoms. The van der Waals surface area contributed by atoms with Gasteiger partial charge in [-0.25, -0.2) is 8.42 Å². The summed E-state index contributed by atoms with van der Waals surface area (Å²) >= 11 is 0. The lowest BCUT2D eigenvalue weighted by atomic mass is 9.90. The maximum absolute atomic E-state index is 11.4. The van der Waals surface area contributed by atoms with Crippen LogP contribution in [0.5, 0.6) is 5.75 Å². The highest BCUT2D eigenvalue weighted by molar-refractivity contribution is 7.90. The molecule has 0 aliphatic heterocycles. The van der Waals surface area contributed by atoms with Crippen molar-refractivity contribution in [3.8, 4) is 5.75 Å². The Labute approximate surface area is 171 Å². The molecule has 0 aromatic heterocycles. The molecule has 0 aliphatic rings. The standard InChI is InChI=1S/C21H37N3O3S/c1-6-22-20(24-17-21(2,3)14-16-28(5,25)26)23-15-8-7-9-18-10-12-19(27-4)13-11-18/h10-13H,6-9,14-17H2,1-5H3,(H2,22,23,24). The zero-order chi connectivity index (χ0) is 21.0. The van der Waals surface area contributed by atoms with Crippen LogP contribution in [0.15, 0.2) is 29.3 Å². The van der Waals surface area contributed by atoms with Gasteiger partial charge >= 0.3 is 0 Å². The van der Waals surface area contributed by atoms with Crippen molar-refractivity contribution in [2.75, 3.05) is 38.8 Å². The summed E-state index contributed by atoms with van der Waals surface area (Å²) in [5.41, 5.74) is 1.16. The number of sulfone groups is 1. The lowest BCUT2D eigenvalue weighted by molar-refractivity contribution is 0.365. The van der Waals surface area contributed by atoms with Crippen LogP contribution in [-0.2, 0) is 16.3 Å². The first kappa shape index (κ1) is 24.3. The van der Waals surface area contributed by atoms with Crippen LogP contribution in [0.3, 0.4) is 0 Å². The van der Waals surface area contributed by atoms with Crippen LogP contribution in [0, 0.1) is 5.41 Å². The third kappa shape index (κ3) is 11.2. The second kappa shape index (κ2) is 11.9. The van der Waals surface area contributed by atoms with Crippen molar-refractivity contribution in [3.63, 3.8) is 0 Å². The lowest BCUT2D eigenvalue weighted by Gasteiger charge is -2.22. The molecule has 0 saturated heterocycles. The van der Waals surface area contributed by atoms with Gasteiger partial charge in [0.1, 0.15) is 15.6 Å². The maximum Gasteiger partial charge on any atom is 0.191 e. The number of aliphatic imine (C=N–C) groups is 1. The molecule has 0 radical (unpaired) electrons. The Balaban J connectivity index is 2.38. The van der Waals surface area contributed by atoms with Gasteiger partial charge in [-0.15, -0.1) is 0 Å². The number of unbranched alkanes of at least 4 members (excludes halogenated alkanes) is 1. The van der Waals surface area contributed by atoms with Gasteiger partial charge in [-0.3, -0.25) is 4.99 Å². The molecule has 1 aromatic rings. The van der Waals surface area contributed by atoms with Crippen LogP contribution in [0.1, 0.15) is 45.6 Å². The van der Waals surface area contributed by atoms with E-state index in [2.05, 4.69) is 41.6 Å². The topological polar surface area (TPSA) is 79.8 Å². The Kier molecular flexibility index (Phi) is 10.4. The third-order valence-corrected chi connectivity index (χ3v) is 5.45. The molecule has 0 saturated carbocycles. The minimum Gasteiger partial charge on any atom is -0.497 e. The fourth-order valence-corrected chi connectivity index (χ4v) is 3.55. The van der Waals surface area contributed by atoms with Gasteiger partial charge in [-0.05, 0) is 55.7 Å². The summed E-state index contributed by atoms with van der Waals surface area (Å²) in [6.07, 6.45) is 5.07. The predicted molar refractivity (Wildman–Crippen MR) is 118 cm³/mol. The largest absolute Gasteiger partial charge is 0.497 e. The molecule has 0 aliphatic carbocycles. The Morgan fingerprint density at radius 2 is 1.82 bits per heavy atom. The van der Waals surface area contributed by atoms with Crippen LogP contribution in [0.25, 0.3) is 0 Å². The van der Waals surface area contributed by atoms with Crippen molar-refractivity contribution in [2.45, 2.75) is 46.5 Å². The fourth-order valence-electron chi connectivity index (χ4n) is 2.63. The molecular formula is C21H37N3O3S. The molecule has 0 heterocycles. The van der Waals surface area contributed by atoms with Gasteiger partial charge in [0.05, 0.1) is 12.9 Å². The number of benzene rings is 1. The summed E-state index contributed by atoms with van der Waals surface area (Å²) in [7, 11) is -1.26. The molecule has 0 atom stereocenters. The number of nitrogens with one attached hydrogen (secondary N) is 2. The molecule has 0 bridgehead atoms. The summed E-state index contributed by atoms with van der Waals surface area (Å²) in [6.45, 7) is 8.38. The highest BCUT2D eigenvalue weighted by atomic mass is 32.2. The average Bonchev–Trinajstić information content (AvgIpc) is 2.64. The zero-order valence-corrected chi connectivity index (χ0v) is 18.9. The first-order chi connectivity index (χ1) is 13.1. The molecule has 2 N–H and O–H groups in total. The maximum atomic E-state index is 11.4. The van der Waals surface area contributed by atoms with Gasteiger partial charge in [0.15, 0.2) is 5.96 Å². The van der Waals surface area contributed by atoms with E-state index < -0.39 is 9.84 Å². The van der Waals surface area contributed by atoms with Crippen molar-refractivity contribution in [1.82, 2.24) is 10.6 Å². The number of hydrogen-bond donors (Lipinski definition) is 2. The molecule has 1 aromatic carbocycles. The first-order valence-corrected chi connectivity index (χ1v) is 12.0. The van der Waals surface area contributed by atoms with Crippen molar-refractivity contribution in [2.24, 2.45) is 10.4 Å². The van der Waals surface area contributed by atoms with Crippen LogP contribution >= 0.6 is 0 Å². The van der Waals surface area contributed by atoms with Crippen LogP contribution < -0.4 is 15.4 Å². The van der Waals surface area contributed by atoms with Crippen LogP contribution in [-0.4, -0.2) is 53.1 Å². The number of aryl methyl sites for hydroxylation is 1. The minimum atomic E-state index is -2.94. The van der Waals surface area contributed by atoms with Gasteiger partial charge in [0, 0.05) is 25.9 Å². The quantitative estimate of drug-likeness (QED) is 0.314. The molecule has 7 heteroatoms. The highest BCUT2D eigenvalue weighted by Gasteiger charge is 2.20. The minimum absolute atomic E-state index is 0.153. The SMILES string of the molecule is CCNC(=NCC(C)(C)CCS(C)(=O)=O)NCCCCc1ccc(OC)cc1. The van der Waals surface area contributed by atoms with Crippen molar-refractivity contribution in [1.29, 1.82) is 0 Å². The predicted octanol–water partition coefficient (Wildman–Crippen LogP) is 3.03.